The van der Waals surface area contributed by atoms with Crippen molar-refractivity contribution in [3.63, 3.8) is 0 Å². The summed E-state index contributed by atoms with van der Waals surface area (Å²) in [6, 6.07) is 1.77. The SMILES string of the molecule is CC1(C)CON(Cc2ccncn2)C1=O. The number of aromatic nitrogens is 2. The fourth-order valence-corrected chi connectivity index (χ4v) is 1.37. The Morgan fingerprint density at radius 2 is 2.40 bits per heavy atom. The van der Waals surface area contributed by atoms with Crippen molar-refractivity contribution >= 4 is 5.91 Å². The number of amides is 1. The Morgan fingerprint density at radius 1 is 1.60 bits per heavy atom. The van der Waals surface area contributed by atoms with Gasteiger partial charge in [-0.1, -0.05) is 0 Å². The largest absolute Gasteiger partial charge is 0.272 e. The van der Waals surface area contributed by atoms with Gasteiger partial charge in [-0.3, -0.25) is 9.63 Å². The molecule has 0 bridgehead atoms. The van der Waals surface area contributed by atoms with Gasteiger partial charge in [0, 0.05) is 6.20 Å². The summed E-state index contributed by atoms with van der Waals surface area (Å²) < 4.78 is 0. The molecule has 0 saturated carbocycles. The van der Waals surface area contributed by atoms with E-state index in [2.05, 4.69) is 9.97 Å². The third kappa shape index (κ3) is 1.97. The molecule has 0 spiro atoms. The van der Waals surface area contributed by atoms with Gasteiger partial charge in [0.05, 0.1) is 24.3 Å². The molecule has 1 saturated heterocycles. The van der Waals surface area contributed by atoms with Crippen LogP contribution < -0.4 is 0 Å². The van der Waals surface area contributed by atoms with Crippen LogP contribution in [-0.2, 0) is 16.2 Å². The minimum atomic E-state index is -0.424. The zero-order valence-corrected chi connectivity index (χ0v) is 8.80. The Bertz CT molecular complexity index is 364. The van der Waals surface area contributed by atoms with Crippen LogP contribution in [0.2, 0.25) is 0 Å². The minimum Gasteiger partial charge on any atom is -0.272 e. The molecule has 2 rings (SSSR count). The molecule has 0 radical (unpaired) electrons. The maximum absolute atomic E-state index is 11.8. The van der Waals surface area contributed by atoms with E-state index in [1.807, 2.05) is 13.8 Å². The lowest BCUT2D eigenvalue weighted by molar-refractivity contribution is -0.165. The minimum absolute atomic E-state index is 0.00103. The van der Waals surface area contributed by atoms with Crippen LogP contribution >= 0.6 is 0 Å². The van der Waals surface area contributed by atoms with Crippen LogP contribution in [-0.4, -0.2) is 27.5 Å². The van der Waals surface area contributed by atoms with Crippen molar-refractivity contribution in [1.82, 2.24) is 15.0 Å². The van der Waals surface area contributed by atoms with Gasteiger partial charge < -0.3 is 0 Å². The molecule has 0 aliphatic carbocycles. The molecule has 1 aromatic heterocycles. The van der Waals surface area contributed by atoms with Gasteiger partial charge in [0.1, 0.15) is 6.33 Å². The third-order valence-electron chi connectivity index (χ3n) is 2.34. The van der Waals surface area contributed by atoms with Crippen LogP contribution in [0.3, 0.4) is 0 Å². The van der Waals surface area contributed by atoms with Crippen LogP contribution in [0.4, 0.5) is 0 Å². The molecule has 1 aromatic rings. The van der Waals surface area contributed by atoms with Crippen LogP contribution in [0.25, 0.3) is 0 Å². The molecule has 5 nitrogen and oxygen atoms in total. The molecule has 1 fully saturated rings. The summed E-state index contributed by atoms with van der Waals surface area (Å²) in [6.45, 7) is 4.55. The molecule has 0 aromatic carbocycles. The first-order chi connectivity index (χ1) is 7.09. The van der Waals surface area contributed by atoms with Gasteiger partial charge >= 0.3 is 0 Å². The highest BCUT2D eigenvalue weighted by Gasteiger charge is 2.40. The molecule has 1 aliphatic heterocycles. The molecule has 15 heavy (non-hydrogen) atoms. The second kappa shape index (κ2) is 3.58. The molecule has 0 unspecified atom stereocenters. The lowest BCUT2D eigenvalue weighted by Gasteiger charge is -2.15. The van der Waals surface area contributed by atoms with E-state index in [9.17, 15) is 4.79 Å². The second-order valence-corrected chi connectivity index (χ2v) is 4.20. The summed E-state index contributed by atoms with van der Waals surface area (Å²) >= 11 is 0. The third-order valence-corrected chi connectivity index (χ3v) is 2.34. The highest BCUT2D eigenvalue weighted by Crippen LogP contribution is 2.27. The quantitative estimate of drug-likeness (QED) is 0.719. The smallest absolute Gasteiger partial charge is 0.254 e. The van der Waals surface area contributed by atoms with Gasteiger partial charge in [-0.2, -0.15) is 0 Å². The Balaban J connectivity index is 2.06. The van der Waals surface area contributed by atoms with Crippen LogP contribution in [0.5, 0.6) is 0 Å². The molecular weight excluding hydrogens is 194 g/mol. The summed E-state index contributed by atoms with van der Waals surface area (Å²) in [6.07, 6.45) is 3.11. The number of hydroxylamine groups is 2. The lowest BCUT2D eigenvalue weighted by atomic mass is 9.95. The van der Waals surface area contributed by atoms with Gasteiger partial charge in [-0.05, 0) is 19.9 Å². The molecule has 2 heterocycles. The average Bonchev–Trinajstić information content (AvgIpc) is 2.47. The zero-order chi connectivity index (χ0) is 10.9. The van der Waals surface area contributed by atoms with Gasteiger partial charge in [0.2, 0.25) is 0 Å². The average molecular weight is 207 g/mol. The van der Waals surface area contributed by atoms with Crippen LogP contribution in [0.1, 0.15) is 19.5 Å². The number of hydrogen-bond donors (Lipinski definition) is 0. The van der Waals surface area contributed by atoms with Gasteiger partial charge in [0.25, 0.3) is 5.91 Å². The fraction of sp³-hybridized carbons (Fsp3) is 0.500. The van der Waals surface area contributed by atoms with E-state index in [1.165, 1.54) is 11.4 Å². The molecule has 0 N–H and O–H groups in total. The van der Waals surface area contributed by atoms with Crippen molar-refractivity contribution in [3.05, 3.63) is 24.3 Å². The predicted molar refractivity (Wildman–Crippen MR) is 52.3 cm³/mol. The Labute approximate surface area is 88.0 Å². The predicted octanol–water partition coefficient (Wildman–Crippen LogP) is 0.777. The van der Waals surface area contributed by atoms with E-state index >= 15 is 0 Å². The summed E-state index contributed by atoms with van der Waals surface area (Å²) in [5.74, 6) is 0.00103. The van der Waals surface area contributed by atoms with Gasteiger partial charge in [-0.25, -0.2) is 15.0 Å². The van der Waals surface area contributed by atoms with Crippen LogP contribution in [0, 0.1) is 5.41 Å². The Kier molecular flexibility index (Phi) is 2.40. The van der Waals surface area contributed by atoms with Crippen molar-refractivity contribution in [2.75, 3.05) is 6.61 Å². The summed E-state index contributed by atoms with van der Waals surface area (Å²) in [5, 5.41) is 1.36. The number of carbonyl (C=O) groups is 1. The normalized spacial score (nSPS) is 19.6. The summed E-state index contributed by atoms with van der Waals surface area (Å²) in [7, 11) is 0. The van der Waals surface area contributed by atoms with E-state index in [-0.39, 0.29) is 5.91 Å². The van der Waals surface area contributed by atoms with Crippen molar-refractivity contribution in [2.45, 2.75) is 20.4 Å². The molecule has 1 amide bonds. The second-order valence-electron chi connectivity index (χ2n) is 4.20. The zero-order valence-electron chi connectivity index (χ0n) is 8.80. The maximum Gasteiger partial charge on any atom is 0.254 e. The maximum atomic E-state index is 11.8. The van der Waals surface area contributed by atoms with Crippen molar-refractivity contribution in [2.24, 2.45) is 5.41 Å². The van der Waals surface area contributed by atoms with Crippen LogP contribution in [0.15, 0.2) is 18.6 Å². The standard InChI is InChI=1S/C10H13N3O2/c1-10(2)6-15-13(9(10)14)5-8-3-4-11-7-12-8/h3-4,7H,5-6H2,1-2H3. The lowest BCUT2D eigenvalue weighted by Crippen LogP contribution is -2.30. The van der Waals surface area contributed by atoms with E-state index in [4.69, 9.17) is 4.84 Å². The van der Waals surface area contributed by atoms with E-state index in [1.54, 1.807) is 12.3 Å². The number of rotatable bonds is 2. The van der Waals surface area contributed by atoms with Crippen molar-refractivity contribution in [3.8, 4) is 0 Å². The van der Waals surface area contributed by atoms with E-state index in [0.29, 0.717) is 13.2 Å². The Hall–Kier alpha value is -1.49. The van der Waals surface area contributed by atoms with Crippen molar-refractivity contribution in [1.29, 1.82) is 0 Å². The first-order valence-electron chi connectivity index (χ1n) is 4.79. The highest BCUT2D eigenvalue weighted by atomic mass is 16.7. The highest BCUT2D eigenvalue weighted by molar-refractivity contribution is 5.82. The molecule has 0 atom stereocenters. The van der Waals surface area contributed by atoms with Gasteiger partial charge in [-0.15, -0.1) is 0 Å². The van der Waals surface area contributed by atoms with Gasteiger partial charge in [0.15, 0.2) is 0 Å². The topological polar surface area (TPSA) is 55.3 Å². The monoisotopic (exact) mass is 207 g/mol. The summed E-state index contributed by atoms with van der Waals surface area (Å²) in [5.41, 5.74) is 0.351. The van der Waals surface area contributed by atoms with E-state index in [0.717, 1.165) is 5.69 Å². The van der Waals surface area contributed by atoms with Crippen molar-refractivity contribution < 1.29 is 9.63 Å². The number of nitrogens with zero attached hydrogens (tertiary/aromatic N) is 3. The number of carbonyl (C=O) groups excluding carboxylic acids is 1. The summed E-state index contributed by atoms with van der Waals surface area (Å²) in [4.78, 5) is 24.9. The molecule has 1 aliphatic rings. The fourth-order valence-electron chi connectivity index (χ4n) is 1.37. The van der Waals surface area contributed by atoms with E-state index < -0.39 is 5.41 Å². The molecular formula is C10H13N3O2. The first-order valence-corrected chi connectivity index (χ1v) is 4.79. The molecule has 80 valence electrons. The first kappa shape index (κ1) is 10.0. The Morgan fingerprint density at radius 3 is 2.93 bits per heavy atom. The molecule has 5 heteroatoms. The number of hydrogen-bond acceptors (Lipinski definition) is 4.